The molecule has 8 amide bonds. The van der Waals surface area contributed by atoms with E-state index in [0.29, 0.717) is 36.1 Å². The van der Waals surface area contributed by atoms with Gasteiger partial charge in [0.25, 0.3) is 0 Å². The molecule has 1 aliphatic heterocycles. The molecule has 0 unspecified atom stereocenters. The summed E-state index contributed by atoms with van der Waals surface area (Å²) in [5.41, 5.74) is 10.6. The van der Waals surface area contributed by atoms with Crippen molar-refractivity contribution in [3.63, 3.8) is 0 Å². The van der Waals surface area contributed by atoms with E-state index in [0.717, 1.165) is 54.7 Å². The minimum absolute atomic E-state index is 0.00813. The molecule has 0 spiro atoms. The van der Waals surface area contributed by atoms with Crippen LogP contribution in [0.15, 0.2) is 176 Å². The number of carbonyl (C=O) groups excluding carboxylic acids is 8. The number of benzene rings is 6. The van der Waals surface area contributed by atoms with Crippen molar-refractivity contribution in [3.05, 3.63) is 209 Å². The van der Waals surface area contributed by atoms with Crippen LogP contribution in [0.1, 0.15) is 114 Å². The van der Waals surface area contributed by atoms with Crippen LogP contribution in [0.2, 0.25) is 0 Å². The first-order valence-corrected chi connectivity index (χ1v) is 36.4. The maximum absolute atomic E-state index is 15.3. The Balaban J connectivity index is 1.18. The van der Waals surface area contributed by atoms with E-state index in [1.165, 1.54) is 11.8 Å². The third-order valence-corrected chi connectivity index (χ3v) is 20.3. The van der Waals surface area contributed by atoms with Crippen molar-refractivity contribution < 1.29 is 47.8 Å². The molecule has 22 heteroatoms. The van der Waals surface area contributed by atoms with E-state index in [2.05, 4.69) is 42.2 Å². The number of aryl methyl sites for hydroxylation is 1. The lowest BCUT2D eigenvalue weighted by molar-refractivity contribution is -0.140. The normalized spacial score (nSPS) is 19.6. The van der Waals surface area contributed by atoms with E-state index in [-0.39, 0.29) is 42.9 Å². The highest BCUT2D eigenvalue weighted by molar-refractivity contribution is 8.76. The predicted molar refractivity (Wildman–Crippen MR) is 386 cm³/mol. The predicted octanol–water partition coefficient (Wildman–Crippen LogP) is 9.16. The zero-order valence-corrected chi connectivity index (χ0v) is 58.8. The number of fused-ring (bicyclic) bond motifs is 1. The van der Waals surface area contributed by atoms with Gasteiger partial charge >= 0.3 is 0 Å². The van der Waals surface area contributed by atoms with Gasteiger partial charge in [-0.15, -0.1) is 11.8 Å². The van der Waals surface area contributed by atoms with Gasteiger partial charge in [0.15, 0.2) is 0 Å². The number of H-pyrrole nitrogens is 1. The maximum Gasteiger partial charge on any atom is 0.245 e. The summed E-state index contributed by atoms with van der Waals surface area (Å²) in [6.07, 6.45) is 2.11. The van der Waals surface area contributed by atoms with Gasteiger partial charge in [-0.2, -0.15) is 0 Å². The van der Waals surface area contributed by atoms with Gasteiger partial charge in [0.1, 0.15) is 53.6 Å². The molecule has 10 N–H and O–H groups in total. The van der Waals surface area contributed by atoms with Crippen molar-refractivity contribution in [2.24, 2.45) is 5.73 Å². The van der Waals surface area contributed by atoms with Gasteiger partial charge < -0.3 is 57.4 Å². The summed E-state index contributed by atoms with van der Waals surface area (Å²) in [5.74, 6) is -5.64. The highest BCUT2D eigenvalue weighted by Gasteiger charge is 2.41. The lowest BCUT2D eigenvalue weighted by Crippen LogP contribution is -2.63. The smallest absolute Gasteiger partial charge is 0.245 e. The summed E-state index contributed by atoms with van der Waals surface area (Å²) in [6.45, 7) is 14.7. The van der Waals surface area contributed by atoms with E-state index in [1.54, 1.807) is 58.2 Å². The summed E-state index contributed by atoms with van der Waals surface area (Å²) < 4.78 is 11.6. The number of hydrogen-bond acceptors (Lipinski definition) is 13. The van der Waals surface area contributed by atoms with E-state index in [4.69, 9.17) is 15.2 Å². The number of ether oxygens (including phenoxy) is 2. The molecule has 0 saturated carbocycles. The quantitative estimate of drug-likeness (QED) is 0.0214. The number of aromatic amines is 1. The topological polar surface area (TPSA) is 281 Å². The Hall–Kier alpha value is -8.57. The third kappa shape index (κ3) is 21.7. The summed E-state index contributed by atoms with van der Waals surface area (Å²) in [4.78, 5) is 122. The summed E-state index contributed by atoms with van der Waals surface area (Å²) in [5, 5.41) is 21.2. The fourth-order valence-electron chi connectivity index (χ4n) is 11.5. The van der Waals surface area contributed by atoms with Crippen molar-refractivity contribution in [1.29, 1.82) is 0 Å². The summed E-state index contributed by atoms with van der Waals surface area (Å²) in [6, 6.07) is 43.9. The van der Waals surface area contributed by atoms with Crippen LogP contribution < -0.4 is 47.7 Å². The van der Waals surface area contributed by atoms with Crippen LogP contribution in [-0.2, 0) is 67.1 Å². The number of aromatic nitrogens is 1. The first-order valence-electron chi connectivity index (χ1n) is 32.9. The molecule has 0 radical (unpaired) electrons. The first kappa shape index (κ1) is 74.2. The van der Waals surface area contributed by atoms with E-state index in [9.17, 15) is 9.59 Å². The lowest BCUT2D eigenvalue weighted by Gasteiger charge is -2.36. The minimum Gasteiger partial charge on any atom is -0.488 e. The average Bonchev–Trinajstić information content (AvgIpc) is 0.930. The Morgan fingerprint density at radius 1 is 0.608 bits per heavy atom. The Labute approximate surface area is 581 Å². The first-order chi connectivity index (χ1) is 46.4. The highest BCUT2D eigenvalue weighted by Crippen LogP contribution is 2.48. The largest absolute Gasteiger partial charge is 0.488 e. The molecular formula is C75H91N9O10S3. The molecule has 1 aliphatic rings. The molecule has 97 heavy (non-hydrogen) atoms. The number of amides is 8. The number of para-hydroxylation sites is 1. The van der Waals surface area contributed by atoms with E-state index < -0.39 is 112 Å². The molecule has 2 heterocycles. The number of rotatable bonds is 23. The molecule has 514 valence electrons. The van der Waals surface area contributed by atoms with Gasteiger partial charge in [0, 0.05) is 53.6 Å². The van der Waals surface area contributed by atoms with Crippen molar-refractivity contribution in [2.75, 3.05) is 17.3 Å². The molecule has 19 nitrogen and oxygen atoms in total. The third-order valence-electron chi connectivity index (χ3n) is 16.2. The number of nitrogens with two attached hydrogens (primary N) is 1. The number of primary amides is 1. The Morgan fingerprint density at radius 3 is 1.72 bits per heavy atom. The number of carbonyl (C=O) groups is 8. The van der Waals surface area contributed by atoms with Crippen LogP contribution in [0.25, 0.3) is 10.9 Å². The fraction of sp³-hybridized carbons (Fsp3) is 0.387. The average molecular weight is 1370 g/mol. The molecule has 7 aromatic rings. The SMILES string of the molecule is CCCC[C@@H]1NC(=O)[C@@H](Cc2c[nH]c3ccccc23)NC(=O)[C@H](Cc2ccc(OC(C)(C)C)cc2)NC(=O)[C@@H](NC(=O)CCc2ccccc2)CSSC[C@@H](C(=O)N[C@@H](CSC(c2ccccc2)(c2ccccc2)c2ccccc2)C(N)=O)NC(=O)[C@H]([C@@H](C)OC(C)(C)C)NC1=O. The van der Waals surface area contributed by atoms with Crippen molar-refractivity contribution in [3.8, 4) is 5.75 Å². The van der Waals surface area contributed by atoms with E-state index in [1.807, 2.05) is 173 Å². The lowest BCUT2D eigenvalue weighted by atomic mass is 9.84. The number of thioether (sulfide) groups is 1. The van der Waals surface area contributed by atoms with Crippen LogP contribution in [0.4, 0.5) is 0 Å². The Bertz CT molecular complexity index is 3660. The molecule has 0 bridgehead atoms. The van der Waals surface area contributed by atoms with Gasteiger partial charge in [-0.1, -0.05) is 193 Å². The molecule has 1 fully saturated rings. The molecular weight excluding hydrogens is 1280 g/mol. The van der Waals surface area contributed by atoms with Crippen LogP contribution in [0, 0.1) is 0 Å². The monoisotopic (exact) mass is 1370 g/mol. The highest BCUT2D eigenvalue weighted by atomic mass is 33.1. The number of nitrogens with one attached hydrogen (secondary N) is 8. The van der Waals surface area contributed by atoms with Crippen molar-refractivity contribution in [2.45, 2.75) is 165 Å². The number of unbranched alkanes of at least 4 members (excludes halogenated alkanes) is 1. The maximum atomic E-state index is 15.3. The summed E-state index contributed by atoms with van der Waals surface area (Å²) >= 11 is 1.40. The van der Waals surface area contributed by atoms with Crippen LogP contribution in [0.5, 0.6) is 5.75 Å². The van der Waals surface area contributed by atoms with Crippen LogP contribution in [-0.4, -0.2) is 129 Å². The second kappa shape index (κ2) is 35.1. The summed E-state index contributed by atoms with van der Waals surface area (Å²) in [7, 11) is 2.21. The zero-order valence-electron chi connectivity index (χ0n) is 56.3. The second-order valence-corrected chi connectivity index (χ2v) is 29.9. The molecule has 1 saturated heterocycles. The van der Waals surface area contributed by atoms with Gasteiger partial charge in [0.05, 0.1) is 16.5 Å². The molecule has 0 aliphatic carbocycles. The second-order valence-electron chi connectivity index (χ2n) is 26.2. The Kier molecular flexibility index (Phi) is 26.9. The van der Waals surface area contributed by atoms with Crippen molar-refractivity contribution in [1.82, 2.24) is 42.2 Å². The minimum atomic E-state index is -1.49. The molecule has 6 aromatic carbocycles. The van der Waals surface area contributed by atoms with Gasteiger partial charge in [-0.25, -0.2) is 0 Å². The van der Waals surface area contributed by atoms with Crippen molar-refractivity contribution >= 4 is 91.5 Å². The molecule has 8 atom stereocenters. The van der Waals surface area contributed by atoms with Gasteiger partial charge in [-0.05, 0) is 113 Å². The molecule has 8 rings (SSSR count). The molecule has 1 aromatic heterocycles. The van der Waals surface area contributed by atoms with E-state index >= 15 is 28.8 Å². The van der Waals surface area contributed by atoms with Crippen LogP contribution in [0.3, 0.4) is 0 Å². The van der Waals surface area contributed by atoms with Gasteiger partial charge in [0.2, 0.25) is 47.3 Å². The fourth-order valence-corrected chi connectivity index (χ4v) is 15.4. The zero-order chi connectivity index (χ0) is 69.7. The standard InChI is InChI=1S/C75H91N9O10S3/c1-9-10-34-58-67(87)84-65(48(2)93-73(3,4)5)72(92)83-63(71(91)82-61(66(76)86)45-95-75(52-27-17-12-18-28-52,53-29-19-13-20-30-53)54-31-21-14-22-32-54)47-97-96-46-62(78-64(85)41-38-49-25-15-11-16-26-49)70(90)80-59(42-50-36-39-55(40-37-50)94-74(6,7)8)68(88)81-60(69(89)79-58)43-51-44-77-57-35-24-23-33-56(51)57/h11-33,35-37,39-40,44,48,58-63,65,77H,9-10,34,38,41-43,45-47H2,1-8H3,(H2,76,86)(H,78,85)(H,79,89)(H,80,90)(H,81,88)(H,82,91)(H,83,92)(H,84,87)/t48-,58+,59+,60-,61+,62+,63+,65+/m1/s1. The Morgan fingerprint density at radius 2 is 1.14 bits per heavy atom. The van der Waals surface area contributed by atoms with Gasteiger partial charge in [-0.3, -0.25) is 38.4 Å². The van der Waals surface area contributed by atoms with Crippen LogP contribution >= 0.6 is 33.3 Å². The number of hydrogen-bond donors (Lipinski definition) is 9.